The zero-order chi connectivity index (χ0) is 15.4. The quantitative estimate of drug-likeness (QED) is 0.724. The van der Waals surface area contributed by atoms with Gasteiger partial charge in [-0.2, -0.15) is 0 Å². The van der Waals surface area contributed by atoms with Crippen molar-refractivity contribution in [2.75, 3.05) is 6.61 Å². The van der Waals surface area contributed by atoms with Crippen LogP contribution in [0.3, 0.4) is 0 Å². The second kappa shape index (κ2) is 7.50. The minimum absolute atomic E-state index is 0.386. The van der Waals surface area contributed by atoms with E-state index in [2.05, 4.69) is 22.9 Å². The first-order chi connectivity index (χ1) is 10.0. The summed E-state index contributed by atoms with van der Waals surface area (Å²) in [6.45, 7) is 2.75. The summed E-state index contributed by atoms with van der Waals surface area (Å²) >= 11 is 15.9. The molecule has 0 radical (unpaired) electrons. The van der Waals surface area contributed by atoms with E-state index in [1.54, 1.807) is 18.2 Å². The summed E-state index contributed by atoms with van der Waals surface area (Å²) in [5, 5.41) is 1.13. The molecule has 0 heterocycles. The molecule has 0 saturated carbocycles. The van der Waals surface area contributed by atoms with E-state index < -0.39 is 0 Å². The Hall–Kier alpha value is -0.740. The van der Waals surface area contributed by atoms with Gasteiger partial charge in [0.25, 0.3) is 0 Å². The molecule has 21 heavy (non-hydrogen) atoms. The third-order valence-electron chi connectivity index (χ3n) is 3.09. The van der Waals surface area contributed by atoms with Crippen LogP contribution in [0, 0.1) is 0 Å². The van der Waals surface area contributed by atoms with Gasteiger partial charge >= 0.3 is 0 Å². The molecule has 0 aliphatic heterocycles. The smallest absolute Gasteiger partial charge is 0.133 e. The first-order valence-corrected chi connectivity index (χ1v) is 8.21. The summed E-state index contributed by atoms with van der Waals surface area (Å²) in [7, 11) is 0. The van der Waals surface area contributed by atoms with Gasteiger partial charge in [-0.1, -0.05) is 42.3 Å². The highest BCUT2D eigenvalue weighted by Crippen LogP contribution is 2.35. The molecular weight excluding hydrogens is 373 g/mol. The van der Waals surface area contributed by atoms with E-state index in [1.165, 1.54) is 0 Å². The van der Waals surface area contributed by atoms with Crippen LogP contribution in [-0.2, 0) is 0 Å². The van der Waals surface area contributed by atoms with Gasteiger partial charge in [0.15, 0.2) is 0 Å². The number of nitrogens with two attached hydrogens (primary N) is 1. The molecule has 0 saturated heterocycles. The van der Waals surface area contributed by atoms with Crippen LogP contribution in [0.25, 0.3) is 0 Å². The van der Waals surface area contributed by atoms with Crippen molar-refractivity contribution < 1.29 is 4.74 Å². The topological polar surface area (TPSA) is 35.2 Å². The minimum atomic E-state index is -0.386. The standard InChI is InChI=1S/C16H16BrCl2NO/c1-2-8-21-14-7-6-10(9-11(14)17)16(20)15-12(18)4-3-5-13(15)19/h3-7,9,16H,2,8,20H2,1H3. The lowest BCUT2D eigenvalue weighted by Crippen LogP contribution is -2.13. The van der Waals surface area contributed by atoms with Crippen LogP contribution in [0.5, 0.6) is 5.75 Å². The molecule has 5 heteroatoms. The van der Waals surface area contributed by atoms with E-state index in [0.29, 0.717) is 16.7 Å². The predicted molar refractivity (Wildman–Crippen MR) is 92.4 cm³/mol. The summed E-state index contributed by atoms with van der Waals surface area (Å²) < 4.78 is 6.50. The summed E-state index contributed by atoms with van der Waals surface area (Å²) in [5.41, 5.74) is 7.96. The van der Waals surface area contributed by atoms with Gasteiger partial charge in [0.1, 0.15) is 5.75 Å². The molecule has 0 bridgehead atoms. The fraction of sp³-hybridized carbons (Fsp3) is 0.250. The second-order valence-electron chi connectivity index (χ2n) is 4.65. The van der Waals surface area contributed by atoms with Crippen molar-refractivity contribution in [3.8, 4) is 5.75 Å². The zero-order valence-electron chi connectivity index (χ0n) is 11.6. The van der Waals surface area contributed by atoms with Crippen molar-refractivity contribution in [1.29, 1.82) is 0 Å². The van der Waals surface area contributed by atoms with Gasteiger partial charge in [0, 0.05) is 15.6 Å². The van der Waals surface area contributed by atoms with Crippen molar-refractivity contribution in [3.63, 3.8) is 0 Å². The Morgan fingerprint density at radius 2 is 1.86 bits per heavy atom. The first kappa shape index (κ1) is 16.6. The van der Waals surface area contributed by atoms with Gasteiger partial charge in [0.2, 0.25) is 0 Å². The highest BCUT2D eigenvalue weighted by Gasteiger charge is 2.17. The molecule has 2 aromatic rings. The lowest BCUT2D eigenvalue weighted by molar-refractivity contribution is 0.315. The lowest BCUT2D eigenvalue weighted by atomic mass is 9.99. The molecule has 0 fully saturated rings. The molecule has 2 aromatic carbocycles. The van der Waals surface area contributed by atoms with Gasteiger partial charge in [-0.05, 0) is 52.2 Å². The molecule has 0 aliphatic rings. The van der Waals surface area contributed by atoms with Gasteiger partial charge in [0.05, 0.1) is 17.1 Å². The van der Waals surface area contributed by atoms with Crippen LogP contribution in [0.2, 0.25) is 10.0 Å². The van der Waals surface area contributed by atoms with E-state index in [4.69, 9.17) is 33.7 Å². The third kappa shape index (κ3) is 3.92. The Bertz CT molecular complexity index is 613. The molecule has 2 rings (SSSR count). The maximum Gasteiger partial charge on any atom is 0.133 e. The highest BCUT2D eigenvalue weighted by molar-refractivity contribution is 9.10. The molecular formula is C16H16BrCl2NO. The van der Waals surface area contributed by atoms with Crippen LogP contribution in [0.1, 0.15) is 30.5 Å². The van der Waals surface area contributed by atoms with E-state index in [1.807, 2.05) is 18.2 Å². The van der Waals surface area contributed by atoms with E-state index >= 15 is 0 Å². The van der Waals surface area contributed by atoms with Gasteiger partial charge in [-0.3, -0.25) is 0 Å². The fourth-order valence-corrected chi connectivity index (χ4v) is 3.16. The Morgan fingerprint density at radius 3 is 2.43 bits per heavy atom. The fourth-order valence-electron chi connectivity index (χ4n) is 2.01. The number of hydrogen-bond acceptors (Lipinski definition) is 2. The minimum Gasteiger partial charge on any atom is -0.492 e. The SMILES string of the molecule is CCCOc1ccc(C(N)c2c(Cl)cccc2Cl)cc1Br. The van der Waals surface area contributed by atoms with Gasteiger partial charge < -0.3 is 10.5 Å². The number of hydrogen-bond donors (Lipinski definition) is 1. The van der Waals surface area contributed by atoms with E-state index in [-0.39, 0.29) is 6.04 Å². The van der Waals surface area contributed by atoms with Gasteiger partial charge in [-0.25, -0.2) is 0 Å². The number of halogens is 3. The highest BCUT2D eigenvalue weighted by atomic mass is 79.9. The van der Waals surface area contributed by atoms with Crippen LogP contribution < -0.4 is 10.5 Å². The largest absolute Gasteiger partial charge is 0.492 e. The van der Waals surface area contributed by atoms with Crippen molar-refractivity contribution in [2.24, 2.45) is 5.73 Å². The molecule has 112 valence electrons. The first-order valence-electron chi connectivity index (χ1n) is 6.66. The van der Waals surface area contributed by atoms with Crippen molar-refractivity contribution in [2.45, 2.75) is 19.4 Å². The molecule has 0 amide bonds. The Kier molecular flexibility index (Phi) is 5.94. The number of ether oxygens (including phenoxy) is 1. The Balaban J connectivity index is 2.32. The van der Waals surface area contributed by atoms with Crippen molar-refractivity contribution in [3.05, 3.63) is 62.0 Å². The van der Waals surface area contributed by atoms with Crippen molar-refractivity contribution in [1.82, 2.24) is 0 Å². The molecule has 0 spiro atoms. The molecule has 0 aliphatic carbocycles. The summed E-state index contributed by atoms with van der Waals surface area (Å²) in [4.78, 5) is 0. The number of benzene rings is 2. The van der Waals surface area contributed by atoms with Crippen LogP contribution in [0.15, 0.2) is 40.9 Å². The summed E-state index contributed by atoms with van der Waals surface area (Å²) in [6.07, 6.45) is 0.961. The van der Waals surface area contributed by atoms with Crippen LogP contribution in [0.4, 0.5) is 0 Å². The monoisotopic (exact) mass is 387 g/mol. The lowest BCUT2D eigenvalue weighted by Gasteiger charge is -2.17. The molecule has 0 aromatic heterocycles. The average molecular weight is 389 g/mol. The summed E-state index contributed by atoms with van der Waals surface area (Å²) in [5.74, 6) is 0.804. The molecule has 2 nitrogen and oxygen atoms in total. The van der Waals surface area contributed by atoms with Crippen LogP contribution >= 0.6 is 39.1 Å². The molecule has 1 unspecified atom stereocenters. The normalized spacial score (nSPS) is 12.2. The van der Waals surface area contributed by atoms with E-state index in [9.17, 15) is 0 Å². The zero-order valence-corrected chi connectivity index (χ0v) is 14.7. The maximum absolute atomic E-state index is 6.31. The van der Waals surface area contributed by atoms with E-state index in [0.717, 1.165) is 27.8 Å². The molecule has 1 atom stereocenters. The Labute approximate surface area is 143 Å². The maximum atomic E-state index is 6.31. The number of rotatable bonds is 5. The molecule has 2 N–H and O–H groups in total. The summed E-state index contributed by atoms with van der Waals surface area (Å²) in [6, 6.07) is 10.8. The predicted octanol–water partition coefficient (Wildman–Crippen LogP) is 5.59. The van der Waals surface area contributed by atoms with Crippen LogP contribution in [-0.4, -0.2) is 6.61 Å². The third-order valence-corrected chi connectivity index (χ3v) is 4.37. The second-order valence-corrected chi connectivity index (χ2v) is 6.32. The van der Waals surface area contributed by atoms with Gasteiger partial charge in [-0.15, -0.1) is 0 Å². The Morgan fingerprint density at radius 1 is 1.19 bits per heavy atom. The average Bonchev–Trinajstić information content (AvgIpc) is 2.45. The van der Waals surface area contributed by atoms with Crippen molar-refractivity contribution >= 4 is 39.1 Å².